The van der Waals surface area contributed by atoms with Crippen molar-refractivity contribution in [3.63, 3.8) is 0 Å². The first kappa shape index (κ1) is 18.6. The Bertz CT molecular complexity index is 699. The SMILES string of the molecule is O=C(Nc1cc(C(F)(F)F)cc(C(F)(F)F)c1)C12CC3CC(CC(C3)C1)C2. The molecule has 0 unspecified atom stereocenters. The molecule has 8 heteroatoms. The van der Waals surface area contributed by atoms with Crippen molar-refractivity contribution in [2.45, 2.75) is 50.9 Å². The van der Waals surface area contributed by atoms with E-state index in [2.05, 4.69) is 5.32 Å². The zero-order valence-corrected chi connectivity index (χ0v) is 14.4. The Kier molecular flexibility index (Phi) is 4.06. The highest BCUT2D eigenvalue weighted by atomic mass is 19.4. The van der Waals surface area contributed by atoms with Crippen molar-refractivity contribution in [3.05, 3.63) is 29.3 Å². The van der Waals surface area contributed by atoms with Crippen LogP contribution < -0.4 is 5.32 Å². The number of nitrogens with one attached hydrogen (secondary N) is 1. The van der Waals surface area contributed by atoms with E-state index in [1.807, 2.05) is 0 Å². The summed E-state index contributed by atoms with van der Waals surface area (Å²) in [6, 6.07) is 1.22. The molecule has 0 aliphatic heterocycles. The van der Waals surface area contributed by atoms with Gasteiger partial charge in [-0.3, -0.25) is 4.79 Å². The maximum Gasteiger partial charge on any atom is 0.416 e. The van der Waals surface area contributed by atoms with E-state index in [1.165, 1.54) is 0 Å². The second-order valence-corrected chi connectivity index (χ2v) is 8.45. The smallest absolute Gasteiger partial charge is 0.326 e. The van der Waals surface area contributed by atoms with Crippen molar-refractivity contribution in [2.24, 2.45) is 23.2 Å². The molecule has 0 spiro atoms. The van der Waals surface area contributed by atoms with Gasteiger partial charge in [0.15, 0.2) is 0 Å². The lowest BCUT2D eigenvalue weighted by Crippen LogP contribution is -2.51. The Morgan fingerprint density at radius 3 is 1.59 bits per heavy atom. The van der Waals surface area contributed by atoms with E-state index in [9.17, 15) is 31.1 Å². The Balaban J connectivity index is 1.63. The first-order valence-electron chi connectivity index (χ1n) is 9.05. The van der Waals surface area contributed by atoms with Crippen LogP contribution in [0, 0.1) is 23.2 Å². The average molecular weight is 391 g/mol. The number of hydrogen-bond acceptors (Lipinski definition) is 1. The molecule has 4 aliphatic rings. The third-order valence-corrected chi connectivity index (χ3v) is 6.37. The predicted molar refractivity (Wildman–Crippen MR) is 85.7 cm³/mol. The number of rotatable bonds is 2. The summed E-state index contributed by atoms with van der Waals surface area (Å²) in [4.78, 5) is 12.9. The number of carbonyl (C=O) groups is 1. The maximum atomic E-state index is 13.0. The zero-order chi connectivity index (χ0) is 19.6. The van der Waals surface area contributed by atoms with Crippen LogP contribution in [0.25, 0.3) is 0 Å². The molecule has 0 radical (unpaired) electrons. The fraction of sp³-hybridized carbons (Fsp3) is 0.632. The molecule has 2 nitrogen and oxygen atoms in total. The molecule has 148 valence electrons. The first-order valence-corrected chi connectivity index (χ1v) is 9.05. The summed E-state index contributed by atoms with van der Waals surface area (Å²) in [5.74, 6) is 0.881. The van der Waals surface area contributed by atoms with Crippen molar-refractivity contribution >= 4 is 11.6 Å². The van der Waals surface area contributed by atoms with Crippen molar-refractivity contribution in [1.29, 1.82) is 0 Å². The molecule has 4 saturated carbocycles. The molecule has 1 aromatic rings. The normalized spacial score (nSPS) is 32.6. The van der Waals surface area contributed by atoms with Crippen molar-refractivity contribution < 1.29 is 31.1 Å². The number of alkyl halides is 6. The van der Waals surface area contributed by atoms with E-state index in [0.29, 0.717) is 49.1 Å². The van der Waals surface area contributed by atoms with E-state index in [1.54, 1.807) is 0 Å². The molecule has 1 N–H and O–H groups in total. The Labute approximate surface area is 152 Å². The van der Waals surface area contributed by atoms with Gasteiger partial charge < -0.3 is 5.32 Å². The zero-order valence-electron chi connectivity index (χ0n) is 14.4. The highest BCUT2D eigenvalue weighted by Crippen LogP contribution is 2.60. The summed E-state index contributed by atoms with van der Waals surface area (Å²) >= 11 is 0. The highest BCUT2D eigenvalue weighted by molar-refractivity contribution is 5.95. The number of anilines is 1. The molecular formula is C19H19F6NO. The quantitative estimate of drug-likeness (QED) is 0.627. The lowest BCUT2D eigenvalue weighted by Gasteiger charge is -2.55. The molecule has 4 bridgehead atoms. The minimum absolute atomic E-state index is 0.0698. The van der Waals surface area contributed by atoms with Gasteiger partial charge in [-0.15, -0.1) is 0 Å². The van der Waals surface area contributed by atoms with Crippen LogP contribution in [0.4, 0.5) is 32.0 Å². The van der Waals surface area contributed by atoms with Crippen LogP contribution in [0.2, 0.25) is 0 Å². The van der Waals surface area contributed by atoms with E-state index in [0.717, 1.165) is 19.3 Å². The lowest BCUT2D eigenvalue weighted by molar-refractivity contribution is -0.143. The monoisotopic (exact) mass is 391 g/mol. The lowest BCUT2D eigenvalue weighted by atomic mass is 9.49. The van der Waals surface area contributed by atoms with Crippen LogP contribution >= 0.6 is 0 Å². The van der Waals surface area contributed by atoms with Gasteiger partial charge in [0.1, 0.15) is 0 Å². The van der Waals surface area contributed by atoms with Gasteiger partial charge in [0, 0.05) is 5.69 Å². The van der Waals surface area contributed by atoms with Crippen molar-refractivity contribution in [1.82, 2.24) is 0 Å². The van der Waals surface area contributed by atoms with Gasteiger partial charge in [-0.2, -0.15) is 26.3 Å². The standard InChI is InChI=1S/C19H19F6NO/c20-18(21,22)13-4-14(19(23,24)25)6-15(5-13)26-16(27)17-7-10-1-11(8-17)3-12(2-10)9-17/h4-6,10-12H,1-3,7-9H2,(H,26,27). The number of benzene rings is 1. The van der Waals surface area contributed by atoms with Crippen LogP contribution in [0.5, 0.6) is 0 Å². The van der Waals surface area contributed by atoms with Crippen LogP contribution in [0.3, 0.4) is 0 Å². The average Bonchev–Trinajstić information content (AvgIpc) is 2.51. The van der Waals surface area contributed by atoms with E-state index < -0.39 is 40.5 Å². The molecule has 0 saturated heterocycles. The number of amides is 1. The van der Waals surface area contributed by atoms with Crippen LogP contribution in [-0.4, -0.2) is 5.91 Å². The Hall–Kier alpha value is -1.73. The van der Waals surface area contributed by atoms with Gasteiger partial charge in [-0.25, -0.2) is 0 Å². The number of halogens is 6. The fourth-order valence-electron chi connectivity index (χ4n) is 5.68. The summed E-state index contributed by atoms with van der Waals surface area (Å²) < 4.78 is 78.0. The van der Waals surface area contributed by atoms with Gasteiger partial charge in [-0.1, -0.05) is 0 Å². The third kappa shape index (κ3) is 3.43. The number of hydrogen-bond donors (Lipinski definition) is 1. The topological polar surface area (TPSA) is 29.1 Å². The Morgan fingerprint density at radius 2 is 1.22 bits per heavy atom. The Morgan fingerprint density at radius 1 is 0.815 bits per heavy atom. The van der Waals surface area contributed by atoms with Gasteiger partial charge in [0.25, 0.3) is 0 Å². The summed E-state index contributed by atoms with van der Waals surface area (Å²) in [5.41, 5.74) is -3.93. The molecule has 5 rings (SSSR count). The molecule has 4 fully saturated rings. The maximum absolute atomic E-state index is 13.0. The van der Waals surface area contributed by atoms with Crippen LogP contribution in [0.1, 0.15) is 49.7 Å². The molecule has 0 heterocycles. The van der Waals surface area contributed by atoms with E-state index in [-0.39, 0.29) is 6.07 Å². The molecular weight excluding hydrogens is 372 g/mol. The fourth-order valence-corrected chi connectivity index (χ4v) is 5.68. The van der Waals surface area contributed by atoms with Crippen molar-refractivity contribution in [3.8, 4) is 0 Å². The van der Waals surface area contributed by atoms with Gasteiger partial charge in [0.2, 0.25) is 5.91 Å². The van der Waals surface area contributed by atoms with Crippen LogP contribution in [-0.2, 0) is 17.1 Å². The minimum Gasteiger partial charge on any atom is -0.326 e. The molecule has 0 atom stereocenters. The molecule has 1 aromatic carbocycles. The second kappa shape index (κ2) is 5.88. The van der Waals surface area contributed by atoms with Gasteiger partial charge in [-0.05, 0) is 74.5 Å². The van der Waals surface area contributed by atoms with Gasteiger partial charge in [0.05, 0.1) is 16.5 Å². The first-order chi connectivity index (χ1) is 12.4. The highest BCUT2D eigenvalue weighted by Gasteiger charge is 2.54. The van der Waals surface area contributed by atoms with Gasteiger partial charge >= 0.3 is 12.4 Å². The predicted octanol–water partition coefficient (Wildman–Crippen LogP) is 5.88. The second-order valence-electron chi connectivity index (χ2n) is 8.45. The van der Waals surface area contributed by atoms with E-state index in [4.69, 9.17) is 0 Å². The van der Waals surface area contributed by atoms with Crippen molar-refractivity contribution in [2.75, 3.05) is 5.32 Å². The minimum atomic E-state index is -4.93. The summed E-state index contributed by atoms with van der Waals surface area (Å²) in [7, 11) is 0. The third-order valence-electron chi connectivity index (χ3n) is 6.37. The van der Waals surface area contributed by atoms with Crippen LogP contribution in [0.15, 0.2) is 18.2 Å². The molecule has 27 heavy (non-hydrogen) atoms. The largest absolute Gasteiger partial charge is 0.416 e. The molecule has 4 aliphatic carbocycles. The summed E-state index contributed by atoms with van der Waals surface area (Å²) in [6.45, 7) is 0. The molecule has 0 aromatic heterocycles. The molecule has 1 amide bonds. The number of carbonyl (C=O) groups excluding carboxylic acids is 1. The van der Waals surface area contributed by atoms with E-state index >= 15 is 0 Å². The summed E-state index contributed by atoms with van der Waals surface area (Å²) in [6.07, 6.45) is -4.60. The summed E-state index contributed by atoms with van der Waals surface area (Å²) in [5, 5.41) is 2.39.